The number of hydrogen-bond donors (Lipinski definition) is 1. The molecule has 0 spiro atoms. The van der Waals surface area contributed by atoms with Crippen LogP contribution in [-0.2, 0) is 18.3 Å². The number of nitrogens with one attached hydrogen (secondary N) is 1. The van der Waals surface area contributed by atoms with E-state index in [1.54, 1.807) is 0 Å². The average Bonchev–Trinajstić information content (AvgIpc) is 3.20. The van der Waals surface area contributed by atoms with E-state index in [-0.39, 0.29) is 24.0 Å². The van der Waals surface area contributed by atoms with Crippen molar-refractivity contribution in [2.75, 3.05) is 20.1 Å². The SMILES string of the molecule is CN=C(NCc1nccn1C)N1CC2C3CCC(O3)C2C1.I. The Morgan fingerprint density at radius 3 is 2.59 bits per heavy atom. The van der Waals surface area contributed by atoms with Crippen LogP contribution in [-0.4, -0.2) is 52.8 Å². The van der Waals surface area contributed by atoms with E-state index in [2.05, 4.69) is 20.2 Å². The Morgan fingerprint density at radius 1 is 1.36 bits per heavy atom. The molecular formula is C15H24IN5O. The Hall–Kier alpha value is -0.830. The maximum atomic E-state index is 6.04. The van der Waals surface area contributed by atoms with Crippen molar-refractivity contribution in [3.63, 3.8) is 0 Å². The lowest BCUT2D eigenvalue weighted by molar-refractivity contribution is 0.0767. The fourth-order valence-electron chi connectivity index (χ4n) is 4.19. The van der Waals surface area contributed by atoms with Crippen LogP contribution in [0.25, 0.3) is 0 Å². The van der Waals surface area contributed by atoms with Crippen LogP contribution in [0.1, 0.15) is 18.7 Å². The van der Waals surface area contributed by atoms with Crippen LogP contribution in [0.15, 0.2) is 17.4 Å². The Labute approximate surface area is 148 Å². The first-order valence-corrected chi connectivity index (χ1v) is 7.83. The van der Waals surface area contributed by atoms with Gasteiger partial charge in [0.25, 0.3) is 0 Å². The number of aromatic nitrogens is 2. The number of likely N-dealkylation sites (tertiary alicyclic amines) is 1. The highest BCUT2D eigenvalue weighted by atomic mass is 127. The summed E-state index contributed by atoms with van der Waals surface area (Å²) in [5.41, 5.74) is 0. The number of aryl methyl sites for hydroxylation is 1. The highest BCUT2D eigenvalue weighted by Gasteiger charge is 2.53. The van der Waals surface area contributed by atoms with Crippen LogP contribution < -0.4 is 5.32 Å². The van der Waals surface area contributed by atoms with E-state index in [1.165, 1.54) is 12.8 Å². The van der Waals surface area contributed by atoms with Crippen molar-refractivity contribution in [3.05, 3.63) is 18.2 Å². The molecule has 4 atom stereocenters. The molecule has 4 heterocycles. The standard InChI is InChI=1S/C15H23N5O.HI/c1-16-15(18-7-14-17-5-6-19(14)2)20-8-10-11(9-20)13-4-3-12(10)21-13;/h5-6,10-13H,3-4,7-9H2,1-2H3,(H,16,18);1H. The lowest BCUT2D eigenvalue weighted by Gasteiger charge is -2.23. The first kappa shape index (κ1) is 16.0. The first-order valence-electron chi connectivity index (χ1n) is 7.83. The van der Waals surface area contributed by atoms with Gasteiger partial charge in [-0.3, -0.25) is 4.99 Å². The van der Waals surface area contributed by atoms with Gasteiger partial charge < -0.3 is 19.5 Å². The molecule has 3 fully saturated rings. The molecule has 1 aromatic heterocycles. The monoisotopic (exact) mass is 417 g/mol. The van der Waals surface area contributed by atoms with Crippen LogP contribution in [0.3, 0.4) is 0 Å². The maximum Gasteiger partial charge on any atom is 0.194 e. The van der Waals surface area contributed by atoms with Crippen molar-refractivity contribution < 1.29 is 4.74 Å². The summed E-state index contributed by atoms with van der Waals surface area (Å²) in [4.78, 5) is 11.2. The van der Waals surface area contributed by atoms with Gasteiger partial charge in [0.1, 0.15) is 5.82 Å². The predicted molar refractivity (Wildman–Crippen MR) is 95.3 cm³/mol. The molecule has 0 amide bonds. The van der Waals surface area contributed by atoms with E-state index in [9.17, 15) is 0 Å². The molecule has 4 rings (SSSR count). The molecule has 7 heteroatoms. The van der Waals surface area contributed by atoms with Crippen LogP contribution >= 0.6 is 24.0 Å². The van der Waals surface area contributed by atoms with Crippen molar-refractivity contribution >= 4 is 29.9 Å². The number of hydrogen-bond acceptors (Lipinski definition) is 3. The molecule has 3 saturated heterocycles. The van der Waals surface area contributed by atoms with Gasteiger partial charge in [-0.1, -0.05) is 0 Å². The average molecular weight is 417 g/mol. The van der Waals surface area contributed by atoms with Gasteiger partial charge in [0.15, 0.2) is 5.96 Å². The van der Waals surface area contributed by atoms with Crippen molar-refractivity contribution in [1.29, 1.82) is 0 Å². The molecule has 0 aliphatic carbocycles. The van der Waals surface area contributed by atoms with Gasteiger partial charge in [-0.15, -0.1) is 24.0 Å². The van der Waals surface area contributed by atoms with Crippen LogP contribution in [0.5, 0.6) is 0 Å². The third kappa shape index (κ3) is 2.62. The number of aliphatic imine (C=N–C) groups is 1. The fourth-order valence-corrected chi connectivity index (χ4v) is 4.19. The minimum absolute atomic E-state index is 0. The summed E-state index contributed by atoms with van der Waals surface area (Å²) in [6, 6.07) is 0. The molecule has 6 nitrogen and oxygen atoms in total. The number of halogens is 1. The smallest absolute Gasteiger partial charge is 0.194 e. The minimum atomic E-state index is 0. The molecule has 1 N–H and O–H groups in total. The summed E-state index contributed by atoms with van der Waals surface area (Å²) in [5, 5.41) is 3.45. The molecule has 3 aliphatic heterocycles. The van der Waals surface area contributed by atoms with E-state index in [4.69, 9.17) is 4.74 Å². The molecule has 122 valence electrons. The van der Waals surface area contributed by atoms with Gasteiger partial charge in [-0.25, -0.2) is 4.98 Å². The lowest BCUT2D eigenvalue weighted by Crippen LogP contribution is -2.41. The van der Waals surface area contributed by atoms with E-state index in [0.29, 0.717) is 30.6 Å². The Kier molecular flexibility index (Phi) is 4.63. The number of fused-ring (bicyclic) bond motifs is 5. The summed E-state index contributed by atoms with van der Waals surface area (Å²) in [6.45, 7) is 2.86. The molecule has 4 unspecified atom stereocenters. The van der Waals surface area contributed by atoms with Gasteiger partial charge in [0, 0.05) is 51.4 Å². The summed E-state index contributed by atoms with van der Waals surface area (Å²) in [6.07, 6.45) is 7.29. The molecule has 0 saturated carbocycles. The molecule has 3 aliphatic rings. The van der Waals surface area contributed by atoms with Gasteiger partial charge in [0.05, 0.1) is 18.8 Å². The zero-order valence-corrected chi connectivity index (χ0v) is 15.4. The minimum Gasteiger partial charge on any atom is -0.374 e. The maximum absolute atomic E-state index is 6.04. The zero-order valence-electron chi connectivity index (χ0n) is 13.1. The molecular weight excluding hydrogens is 393 g/mol. The van der Waals surface area contributed by atoms with E-state index in [1.807, 2.05) is 31.1 Å². The van der Waals surface area contributed by atoms with E-state index < -0.39 is 0 Å². The van der Waals surface area contributed by atoms with Crippen LogP contribution in [0.4, 0.5) is 0 Å². The normalized spacial score (nSPS) is 33.0. The zero-order chi connectivity index (χ0) is 14.4. The predicted octanol–water partition coefficient (Wildman–Crippen LogP) is 1.22. The number of imidazole rings is 1. The summed E-state index contributed by atoms with van der Waals surface area (Å²) >= 11 is 0. The third-order valence-electron chi connectivity index (χ3n) is 5.29. The van der Waals surface area contributed by atoms with Gasteiger partial charge >= 0.3 is 0 Å². The molecule has 22 heavy (non-hydrogen) atoms. The van der Waals surface area contributed by atoms with E-state index in [0.717, 1.165) is 24.9 Å². The Morgan fingerprint density at radius 2 is 2.05 bits per heavy atom. The lowest BCUT2D eigenvalue weighted by atomic mass is 9.82. The second-order valence-corrected chi connectivity index (χ2v) is 6.38. The second-order valence-electron chi connectivity index (χ2n) is 6.38. The molecule has 2 bridgehead atoms. The Bertz CT molecular complexity index is 542. The summed E-state index contributed by atoms with van der Waals surface area (Å²) in [5.74, 6) is 3.43. The van der Waals surface area contributed by atoms with Crippen molar-refractivity contribution in [2.24, 2.45) is 23.9 Å². The number of ether oxygens (including phenoxy) is 1. The topological polar surface area (TPSA) is 54.7 Å². The third-order valence-corrected chi connectivity index (χ3v) is 5.29. The van der Waals surface area contributed by atoms with Crippen LogP contribution in [0.2, 0.25) is 0 Å². The number of guanidine groups is 1. The summed E-state index contributed by atoms with van der Waals surface area (Å²) < 4.78 is 8.07. The van der Waals surface area contributed by atoms with Gasteiger partial charge in [-0.2, -0.15) is 0 Å². The largest absolute Gasteiger partial charge is 0.374 e. The molecule has 1 aromatic rings. The Balaban J connectivity index is 0.00000144. The van der Waals surface area contributed by atoms with Gasteiger partial charge in [0.2, 0.25) is 0 Å². The fraction of sp³-hybridized carbons (Fsp3) is 0.733. The van der Waals surface area contributed by atoms with Crippen molar-refractivity contribution in [2.45, 2.75) is 31.6 Å². The highest BCUT2D eigenvalue weighted by Crippen LogP contribution is 2.47. The number of nitrogens with zero attached hydrogens (tertiary/aromatic N) is 4. The van der Waals surface area contributed by atoms with Crippen LogP contribution in [0, 0.1) is 11.8 Å². The summed E-state index contributed by atoms with van der Waals surface area (Å²) in [7, 11) is 3.88. The first-order chi connectivity index (χ1) is 10.3. The molecule has 0 radical (unpaired) electrons. The van der Waals surface area contributed by atoms with Crippen molar-refractivity contribution in [1.82, 2.24) is 19.8 Å². The quantitative estimate of drug-likeness (QED) is 0.447. The highest BCUT2D eigenvalue weighted by molar-refractivity contribution is 14.0. The molecule has 0 aromatic carbocycles. The van der Waals surface area contributed by atoms with Gasteiger partial charge in [-0.05, 0) is 12.8 Å². The number of rotatable bonds is 2. The second kappa shape index (κ2) is 6.35. The van der Waals surface area contributed by atoms with E-state index >= 15 is 0 Å². The van der Waals surface area contributed by atoms with Crippen molar-refractivity contribution in [3.8, 4) is 0 Å².